The Labute approximate surface area is 146 Å². The molecule has 4 rings (SSSR count). The van der Waals surface area contributed by atoms with E-state index >= 15 is 0 Å². The summed E-state index contributed by atoms with van der Waals surface area (Å²) in [5, 5.41) is 7.08. The van der Waals surface area contributed by atoms with Crippen LogP contribution in [0, 0.1) is 0 Å². The fourth-order valence-electron chi connectivity index (χ4n) is 4.27. The number of aromatic nitrogens is 2. The van der Waals surface area contributed by atoms with E-state index in [4.69, 9.17) is 0 Å². The van der Waals surface area contributed by atoms with Crippen molar-refractivity contribution in [2.45, 2.75) is 50.1 Å². The molecule has 8 nitrogen and oxygen atoms in total. The molecule has 1 saturated carbocycles. The SMILES string of the molecule is O=C(CN1C(=O)NC2(CCCC2)C1=O)N1CCCC(n2cccn2)C1. The molecule has 2 aliphatic heterocycles. The summed E-state index contributed by atoms with van der Waals surface area (Å²) < 4.78 is 1.88. The van der Waals surface area contributed by atoms with E-state index in [0.29, 0.717) is 25.9 Å². The van der Waals surface area contributed by atoms with Crippen molar-refractivity contribution in [1.29, 1.82) is 0 Å². The van der Waals surface area contributed by atoms with Crippen LogP contribution in [-0.2, 0) is 9.59 Å². The van der Waals surface area contributed by atoms with Crippen LogP contribution in [0.25, 0.3) is 0 Å². The van der Waals surface area contributed by atoms with E-state index in [-0.39, 0.29) is 24.4 Å². The van der Waals surface area contributed by atoms with E-state index in [9.17, 15) is 14.4 Å². The summed E-state index contributed by atoms with van der Waals surface area (Å²) in [6.45, 7) is 1.05. The van der Waals surface area contributed by atoms with Gasteiger partial charge in [-0.05, 0) is 31.7 Å². The first-order valence-electron chi connectivity index (χ1n) is 9.00. The van der Waals surface area contributed by atoms with Crippen molar-refractivity contribution in [3.8, 4) is 0 Å². The smallest absolute Gasteiger partial charge is 0.325 e. The van der Waals surface area contributed by atoms with Gasteiger partial charge in [0.25, 0.3) is 5.91 Å². The van der Waals surface area contributed by atoms with Gasteiger partial charge in [-0.1, -0.05) is 12.8 Å². The third-order valence-corrected chi connectivity index (χ3v) is 5.64. The van der Waals surface area contributed by atoms with Gasteiger partial charge in [-0.2, -0.15) is 5.10 Å². The number of carbonyl (C=O) groups excluding carboxylic acids is 3. The number of imide groups is 1. The van der Waals surface area contributed by atoms with Crippen LogP contribution in [0.15, 0.2) is 18.5 Å². The number of hydrogen-bond acceptors (Lipinski definition) is 4. The van der Waals surface area contributed by atoms with E-state index in [1.165, 1.54) is 0 Å². The van der Waals surface area contributed by atoms with Crippen LogP contribution in [-0.4, -0.2) is 62.6 Å². The van der Waals surface area contributed by atoms with Gasteiger partial charge in [-0.3, -0.25) is 19.2 Å². The number of hydrogen-bond donors (Lipinski definition) is 1. The molecule has 8 heteroatoms. The Hall–Kier alpha value is -2.38. The monoisotopic (exact) mass is 345 g/mol. The molecule has 0 bridgehead atoms. The highest BCUT2D eigenvalue weighted by Gasteiger charge is 2.52. The number of carbonyl (C=O) groups is 3. The summed E-state index contributed by atoms with van der Waals surface area (Å²) >= 11 is 0. The zero-order valence-corrected chi connectivity index (χ0v) is 14.2. The molecule has 4 amide bonds. The first-order chi connectivity index (χ1) is 12.1. The Balaban J connectivity index is 1.41. The molecule has 0 radical (unpaired) electrons. The maximum atomic E-state index is 12.7. The van der Waals surface area contributed by atoms with Crippen molar-refractivity contribution >= 4 is 17.8 Å². The van der Waals surface area contributed by atoms with Crippen LogP contribution in [0.5, 0.6) is 0 Å². The summed E-state index contributed by atoms with van der Waals surface area (Å²) in [6, 6.07) is 1.59. The molecule has 25 heavy (non-hydrogen) atoms. The van der Waals surface area contributed by atoms with Crippen molar-refractivity contribution in [2.75, 3.05) is 19.6 Å². The van der Waals surface area contributed by atoms with E-state index < -0.39 is 11.6 Å². The van der Waals surface area contributed by atoms with Gasteiger partial charge in [0.05, 0.1) is 6.04 Å². The molecule has 3 fully saturated rings. The maximum Gasteiger partial charge on any atom is 0.325 e. The van der Waals surface area contributed by atoms with Crippen molar-refractivity contribution in [3.63, 3.8) is 0 Å². The molecular weight excluding hydrogens is 322 g/mol. The fraction of sp³-hybridized carbons (Fsp3) is 0.647. The lowest BCUT2D eigenvalue weighted by Gasteiger charge is -2.33. The van der Waals surface area contributed by atoms with Gasteiger partial charge in [0, 0.05) is 25.5 Å². The second-order valence-corrected chi connectivity index (χ2v) is 7.23. The van der Waals surface area contributed by atoms with Crippen molar-refractivity contribution in [1.82, 2.24) is 24.9 Å². The summed E-state index contributed by atoms with van der Waals surface area (Å²) in [5.74, 6) is -0.403. The number of likely N-dealkylation sites (tertiary alicyclic amines) is 1. The van der Waals surface area contributed by atoms with Crippen LogP contribution in [0.4, 0.5) is 4.79 Å². The van der Waals surface area contributed by atoms with Gasteiger partial charge >= 0.3 is 6.03 Å². The molecule has 0 aromatic carbocycles. The number of amides is 4. The molecule has 1 aromatic rings. The minimum atomic E-state index is -0.753. The van der Waals surface area contributed by atoms with Crippen LogP contribution in [0.1, 0.15) is 44.6 Å². The molecule has 3 heterocycles. The second kappa shape index (κ2) is 6.16. The number of piperidine rings is 1. The highest BCUT2D eigenvalue weighted by atomic mass is 16.2. The fourth-order valence-corrected chi connectivity index (χ4v) is 4.27. The van der Waals surface area contributed by atoms with Crippen LogP contribution in [0.2, 0.25) is 0 Å². The summed E-state index contributed by atoms with van der Waals surface area (Å²) in [7, 11) is 0. The van der Waals surface area contributed by atoms with Crippen molar-refractivity contribution in [2.24, 2.45) is 0 Å². The van der Waals surface area contributed by atoms with E-state index in [1.54, 1.807) is 11.1 Å². The number of nitrogens with one attached hydrogen (secondary N) is 1. The third-order valence-electron chi connectivity index (χ3n) is 5.64. The predicted molar refractivity (Wildman–Crippen MR) is 88.5 cm³/mol. The van der Waals surface area contributed by atoms with Gasteiger partial charge in [0.2, 0.25) is 5.91 Å². The lowest BCUT2D eigenvalue weighted by molar-refractivity contribution is -0.139. The summed E-state index contributed by atoms with van der Waals surface area (Å²) in [5.41, 5.74) is -0.753. The Bertz CT molecular complexity index is 680. The topological polar surface area (TPSA) is 87.5 Å². The van der Waals surface area contributed by atoms with Crippen LogP contribution >= 0.6 is 0 Å². The minimum absolute atomic E-state index is 0.150. The molecule has 3 aliphatic rings. The Morgan fingerprint density at radius 3 is 2.80 bits per heavy atom. The molecule has 1 N–H and O–H groups in total. The van der Waals surface area contributed by atoms with Gasteiger partial charge in [0.1, 0.15) is 12.1 Å². The van der Waals surface area contributed by atoms with E-state index in [2.05, 4.69) is 10.4 Å². The number of rotatable bonds is 3. The lowest BCUT2D eigenvalue weighted by atomic mass is 9.98. The molecule has 1 atom stereocenters. The first kappa shape index (κ1) is 16.1. The highest BCUT2D eigenvalue weighted by molar-refractivity contribution is 6.09. The normalized spacial score (nSPS) is 25.7. The van der Waals surface area contributed by atoms with Gasteiger partial charge in [0.15, 0.2) is 0 Å². The van der Waals surface area contributed by atoms with Gasteiger partial charge in [-0.25, -0.2) is 4.79 Å². The zero-order chi connectivity index (χ0) is 17.4. The Kier molecular flexibility index (Phi) is 3.97. The largest absolute Gasteiger partial charge is 0.339 e. The van der Waals surface area contributed by atoms with E-state index in [0.717, 1.165) is 30.6 Å². The summed E-state index contributed by atoms with van der Waals surface area (Å²) in [6.07, 6.45) is 8.71. The highest BCUT2D eigenvalue weighted by Crippen LogP contribution is 2.35. The van der Waals surface area contributed by atoms with Gasteiger partial charge < -0.3 is 10.2 Å². The number of nitrogens with zero attached hydrogens (tertiary/aromatic N) is 4. The first-order valence-corrected chi connectivity index (χ1v) is 9.00. The average Bonchev–Trinajstić information content (AvgIpc) is 3.34. The molecule has 1 aromatic heterocycles. The van der Waals surface area contributed by atoms with E-state index in [1.807, 2.05) is 16.9 Å². The van der Waals surface area contributed by atoms with Crippen LogP contribution < -0.4 is 5.32 Å². The molecule has 134 valence electrons. The molecule has 2 saturated heterocycles. The third kappa shape index (κ3) is 2.79. The molecule has 1 aliphatic carbocycles. The number of urea groups is 1. The molecule has 1 spiro atoms. The van der Waals surface area contributed by atoms with Crippen LogP contribution in [0.3, 0.4) is 0 Å². The Morgan fingerprint density at radius 1 is 1.28 bits per heavy atom. The second-order valence-electron chi connectivity index (χ2n) is 7.23. The molecular formula is C17H23N5O3. The van der Waals surface area contributed by atoms with Crippen molar-refractivity contribution < 1.29 is 14.4 Å². The average molecular weight is 345 g/mol. The van der Waals surface area contributed by atoms with Gasteiger partial charge in [-0.15, -0.1) is 0 Å². The summed E-state index contributed by atoms with van der Waals surface area (Å²) in [4.78, 5) is 40.4. The maximum absolute atomic E-state index is 12.7. The lowest BCUT2D eigenvalue weighted by Crippen LogP contribution is -2.48. The minimum Gasteiger partial charge on any atom is -0.339 e. The zero-order valence-electron chi connectivity index (χ0n) is 14.2. The Morgan fingerprint density at radius 2 is 2.08 bits per heavy atom. The predicted octanol–water partition coefficient (Wildman–Crippen LogP) is 0.911. The van der Waals surface area contributed by atoms with Crippen molar-refractivity contribution in [3.05, 3.63) is 18.5 Å². The quantitative estimate of drug-likeness (QED) is 0.825. The standard InChI is InChI=1S/C17H23N5O3/c23-14(20-9-3-5-13(11-20)22-10-4-8-18-22)12-21-15(24)17(19-16(21)25)6-1-2-7-17/h4,8,10,13H,1-3,5-7,9,11-12H2,(H,19,25). The molecule has 1 unspecified atom stereocenters.